The SMILES string of the molecule is CCCNC(=O)c1ccc([B-](F)(F)F)cc1. The molecule has 16 heavy (non-hydrogen) atoms. The van der Waals surface area contributed by atoms with Crippen LogP contribution in [0.25, 0.3) is 0 Å². The zero-order valence-electron chi connectivity index (χ0n) is 8.84. The van der Waals surface area contributed by atoms with Gasteiger partial charge in [-0.25, -0.2) is 0 Å². The van der Waals surface area contributed by atoms with E-state index in [1.165, 1.54) is 12.1 Å². The Labute approximate surface area is 91.9 Å². The molecule has 0 saturated carbocycles. The van der Waals surface area contributed by atoms with E-state index in [1.54, 1.807) is 0 Å². The predicted octanol–water partition coefficient (Wildman–Crippen LogP) is 1.88. The van der Waals surface area contributed by atoms with Crippen LogP contribution in [0.15, 0.2) is 24.3 Å². The van der Waals surface area contributed by atoms with Crippen molar-refractivity contribution < 1.29 is 17.7 Å². The van der Waals surface area contributed by atoms with Crippen LogP contribution in [0.2, 0.25) is 0 Å². The van der Waals surface area contributed by atoms with Gasteiger partial charge >= 0.3 is 6.98 Å². The van der Waals surface area contributed by atoms with E-state index in [0.717, 1.165) is 18.6 Å². The second kappa shape index (κ2) is 5.05. The summed E-state index contributed by atoms with van der Waals surface area (Å²) in [6, 6.07) is 4.24. The summed E-state index contributed by atoms with van der Waals surface area (Å²) in [6.45, 7) is -2.57. The van der Waals surface area contributed by atoms with E-state index in [9.17, 15) is 17.7 Å². The first-order chi connectivity index (χ1) is 7.45. The molecule has 0 aliphatic rings. The first kappa shape index (κ1) is 12.6. The summed E-state index contributed by atoms with van der Waals surface area (Å²) in [4.78, 5) is 11.4. The number of halogens is 3. The first-order valence-electron chi connectivity index (χ1n) is 5.03. The standard InChI is InChI=1S/C10H12BF3NO/c1-2-7-15-10(16)8-3-5-9(6-4-8)11(12,13)14/h3-6H,2,7H2,1H3,(H,15,16)/q-1. The molecule has 0 atom stereocenters. The molecule has 0 saturated heterocycles. The van der Waals surface area contributed by atoms with Gasteiger partial charge in [0.15, 0.2) is 0 Å². The van der Waals surface area contributed by atoms with E-state index in [2.05, 4.69) is 5.32 Å². The number of amides is 1. The quantitative estimate of drug-likeness (QED) is 0.786. The fourth-order valence-electron chi connectivity index (χ4n) is 1.19. The Morgan fingerprint density at radius 2 is 1.81 bits per heavy atom. The number of carbonyl (C=O) groups is 1. The molecule has 0 radical (unpaired) electrons. The largest absolute Gasteiger partial charge is 0.509 e. The molecule has 0 aromatic heterocycles. The number of carbonyl (C=O) groups excluding carboxylic acids is 1. The van der Waals surface area contributed by atoms with Gasteiger partial charge in [-0.05, 0) is 6.42 Å². The average Bonchev–Trinajstić information content (AvgIpc) is 2.25. The van der Waals surface area contributed by atoms with Crippen LogP contribution >= 0.6 is 0 Å². The second-order valence-corrected chi connectivity index (χ2v) is 3.45. The van der Waals surface area contributed by atoms with E-state index in [4.69, 9.17) is 0 Å². The van der Waals surface area contributed by atoms with Gasteiger partial charge in [0.05, 0.1) is 0 Å². The Bertz CT molecular complexity index is 361. The summed E-state index contributed by atoms with van der Waals surface area (Å²) in [5.74, 6) is -0.344. The molecule has 1 aromatic carbocycles. The lowest BCUT2D eigenvalue weighted by Crippen LogP contribution is -2.34. The maximum Gasteiger partial charge on any atom is 0.509 e. The maximum atomic E-state index is 12.3. The number of hydrogen-bond donors (Lipinski definition) is 1. The van der Waals surface area contributed by atoms with E-state index in [-0.39, 0.29) is 11.5 Å². The highest BCUT2D eigenvalue weighted by atomic mass is 19.4. The lowest BCUT2D eigenvalue weighted by Gasteiger charge is -2.14. The van der Waals surface area contributed by atoms with Gasteiger partial charge in [0.2, 0.25) is 0 Å². The molecule has 0 bridgehead atoms. The highest BCUT2D eigenvalue weighted by molar-refractivity contribution is 6.73. The summed E-state index contributed by atoms with van der Waals surface area (Å²) >= 11 is 0. The molecular formula is C10H12BF3NO-. The Morgan fingerprint density at radius 1 is 1.25 bits per heavy atom. The average molecular weight is 230 g/mol. The highest BCUT2D eigenvalue weighted by Gasteiger charge is 2.25. The van der Waals surface area contributed by atoms with Crippen molar-refractivity contribution in [3.8, 4) is 0 Å². The van der Waals surface area contributed by atoms with Crippen molar-refractivity contribution in [3.05, 3.63) is 29.8 Å². The van der Waals surface area contributed by atoms with Crippen LogP contribution in [0.4, 0.5) is 12.9 Å². The summed E-state index contributed by atoms with van der Waals surface area (Å²) in [7, 11) is 0. The van der Waals surface area contributed by atoms with Crippen LogP contribution in [0.5, 0.6) is 0 Å². The molecule has 1 aromatic rings. The van der Waals surface area contributed by atoms with Crippen molar-refractivity contribution in [1.29, 1.82) is 0 Å². The Kier molecular flexibility index (Phi) is 3.98. The minimum atomic E-state index is -4.99. The zero-order chi connectivity index (χ0) is 12.2. The smallest absolute Gasteiger partial charge is 0.445 e. The van der Waals surface area contributed by atoms with Crippen molar-refractivity contribution in [2.24, 2.45) is 0 Å². The van der Waals surface area contributed by atoms with Crippen molar-refractivity contribution in [2.75, 3.05) is 6.54 Å². The van der Waals surface area contributed by atoms with Crippen LogP contribution in [0.3, 0.4) is 0 Å². The Morgan fingerprint density at radius 3 is 2.25 bits per heavy atom. The fraction of sp³-hybridized carbons (Fsp3) is 0.300. The third-order valence-corrected chi connectivity index (χ3v) is 2.09. The van der Waals surface area contributed by atoms with Gasteiger partial charge in [-0.2, -0.15) is 0 Å². The highest BCUT2D eigenvalue weighted by Crippen LogP contribution is 2.09. The number of rotatable bonds is 4. The van der Waals surface area contributed by atoms with Crippen molar-refractivity contribution >= 4 is 18.3 Å². The van der Waals surface area contributed by atoms with E-state index in [1.807, 2.05) is 6.92 Å². The Hall–Kier alpha value is -1.46. The van der Waals surface area contributed by atoms with Gasteiger partial charge in [0.25, 0.3) is 5.91 Å². The molecule has 0 fully saturated rings. The van der Waals surface area contributed by atoms with Crippen molar-refractivity contribution in [1.82, 2.24) is 5.32 Å². The van der Waals surface area contributed by atoms with E-state index < -0.39 is 12.4 Å². The van der Waals surface area contributed by atoms with Crippen LogP contribution in [-0.4, -0.2) is 19.4 Å². The summed E-state index contributed by atoms with van der Waals surface area (Å²) in [5, 5.41) is 2.59. The minimum absolute atomic E-state index is 0.247. The fourth-order valence-corrected chi connectivity index (χ4v) is 1.19. The van der Waals surface area contributed by atoms with Gasteiger partial charge in [0, 0.05) is 12.1 Å². The van der Waals surface area contributed by atoms with Crippen LogP contribution in [-0.2, 0) is 0 Å². The number of hydrogen-bond acceptors (Lipinski definition) is 1. The molecule has 0 heterocycles. The topological polar surface area (TPSA) is 29.1 Å². The van der Waals surface area contributed by atoms with Gasteiger partial charge in [-0.1, -0.05) is 31.2 Å². The third kappa shape index (κ3) is 3.29. The summed E-state index contributed by atoms with van der Waals surface area (Å²) < 4.78 is 36.9. The third-order valence-electron chi connectivity index (χ3n) is 2.09. The van der Waals surface area contributed by atoms with Gasteiger partial charge in [-0.3, -0.25) is 4.79 Å². The van der Waals surface area contributed by atoms with E-state index >= 15 is 0 Å². The molecule has 1 rings (SSSR count). The number of nitrogens with one attached hydrogen (secondary N) is 1. The minimum Gasteiger partial charge on any atom is -0.445 e. The summed E-state index contributed by atoms with van der Waals surface area (Å²) in [6.07, 6.45) is 0.787. The van der Waals surface area contributed by atoms with Crippen molar-refractivity contribution in [2.45, 2.75) is 13.3 Å². The Balaban J connectivity index is 2.75. The first-order valence-corrected chi connectivity index (χ1v) is 5.03. The molecular weight excluding hydrogens is 218 g/mol. The monoisotopic (exact) mass is 230 g/mol. The molecule has 88 valence electrons. The molecule has 1 amide bonds. The lowest BCUT2D eigenvalue weighted by molar-refractivity contribution is 0.0953. The maximum absolute atomic E-state index is 12.3. The zero-order valence-corrected chi connectivity index (χ0v) is 8.84. The molecule has 0 aliphatic carbocycles. The normalized spacial score (nSPS) is 11.2. The molecule has 1 N–H and O–H groups in total. The predicted molar refractivity (Wildman–Crippen MR) is 57.8 cm³/mol. The molecule has 0 unspecified atom stereocenters. The lowest BCUT2D eigenvalue weighted by atomic mass is 9.80. The van der Waals surface area contributed by atoms with Crippen molar-refractivity contribution in [3.63, 3.8) is 0 Å². The van der Waals surface area contributed by atoms with Gasteiger partial charge in [0.1, 0.15) is 0 Å². The molecule has 2 nitrogen and oxygen atoms in total. The van der Waals surface area contributed by atoms with Crippen LogP contribution in [0, 0.1) is 0 Å². The van der Waals surface area contributed by atoms with Crippen LogP contribution < -0.4 is 10.8 Å². The second-order valence-electron chi connectivity index (χ2n) is 3.45. The molecule has 6 heteroatoms. The van der Waals surface area contributed by atoms with Gasteiger partial charge < -0.3 is 18.3 Å². The molecule has 0 aliphatic heterocycles. The summed E-state index contributed by atoms with van der Waals surface area (Å²) in [5.41, 5.74) is -0.440. The van der Waals surface area contributed by atoms with Crippen LogP contribution in [0.1, 0.15) is 23.7 Å². The number of benzene rings is 1. The van der Waals surface area contributed by atoms with E-state index in [0.29, 0.717) is 6.54 Å². The van der Waals surface area contributed by atoms with Gasteiger partial charge in [-0.15, -0.1) is 5.46 Å². The molecule has 0 spiro atoms.